The molecule has 2 rings (SSSR count). The summed E-state index contributed by atoms with van der Waals surface area (Å²) in [7, 11) is 0.316. The molecular weight excluding hydrogens is 244 g/mol. The van der Waals surface area contributed by atoms with Gasteiger partial charge in [-0.2, -0.15) is 0 Å². The SMILES string of the molecule is C1CCC(C2CCCC2)C1.CC(C)C[SiH2]CC(C)C. The average molecular weight is 283 g/mol. The Morgan fingerprint density at radius 2 is 1.00 bits per heavy atom. The van der Waals surface area contributed by atoms with E-state index in [1.54, 1.807) is 25.7 Å². The van der Waals surface area contributed by atoms with Crippen LogP contribution < -0.4 is 0 Å². The fraction of sp³-hybridized carbons (Fsp3) is 1.00. The van der Waals surface area contributed by atoms with Crippen LogP contribution in [0.4, 0.5) is 0 Å². The third kappa shape index (κ3) is 8.17. The highest BCUT2D eigenvalue weighted by Gasteiger charge is 2.26. The normalized spacial score (nSPS) is 21.2. The monoisotopic (exact) mass is 282 g/mol. The molecule has 0 spiro atoms. The molecule has 2 aliphatic carbocycles. The van der Waals surface area contributed by atoms with E-state index in [-0.39, 0.29) is 0 Å². The van der Waals surface area contributed by atoms with Crippen LogP contribution in [0.1, 0.15) is 79.1 Å². The molecule has 0 unspecified atom stereocenters. The van der Waals surface area contributed by atoms with E-state index in [9.17, 15) is 0 Å². The van der Waals surface area contributed by atoms with Gasteiger partial charge in [0.25, 0.3) is 0 Å². The summed E-state index contributed by atoms with van der Waals surface area (Å²) in [5, 5.41) is 0. The third-order valence-corrected chi connectivity index (χ3v) is 8.16. The third-order valence-electron chi connectivity index (χ3n) is 5.03. The highest BCUT2D eigenvalue weighted by atomic mass is 28.2. The fourth-order valence-electron chi connectivity index (χ4n) is 3.79. The molecule has 2 fully saturated rings. The van der Waals surface area contributed by atoms with Crippen LogP contribution in [0.2, 0.25) is 12.1 Å². The molecule has 0 N–H and O–H groups in total. The second kappa shape index (κ2) is 10.0. The Balaban J connectivity index is 0.000000192. The van der Waals surface area contributed by atoms with E-state index >= 15 is 0 Å². The summed E-state index contributed by atoms with van der Waals surface area (Å²) in [5.74, 6) is 4.22. The van der Waals surface area contributed by atoms with Crippen LogP contribution in [-0.4, -0.2) is 9.52 Å². The Labute approximate surface area is 125 Å². The molecule has 0 bridgehead atoms. The van der Waals surface area contributed by atoms with Crippen molar-refractivity contribution in [3.63, 3.8) is 0 Å². The molecule has 0 aromatic carbocycles. The predicted octanol–water partition coefficient (Wildman–Crippen LogP) is 5.67. The first-order valence-electron chi connectivity index (χ1n) is 9.09. The first-order chi connectivity index (χ1) is 9.09. The smallest absolute Gasteiger partial charge is 0.0202 e. The fourth-order valence-corrected chi connectivity index (χ4v) is 5.66. The largest absolute Gasteiger partial charge is 0.0631 e. The summed E-state index contributed by atoms with van der Waals surface area (Å²) >= 11 is 0. The Bertz CT molecular complexity index is 176. The Morgan fingerprint density at radius 1 is 0.684 bits per heavy atom. The lowest BCUT2D eigenvalue weighted by Gasteiger charge is -2.16. The molecule has 2 saturated carbocycles. The van der Waals surface area contributed by atoms with E-state index in [4.69, 9.17) is 0 Å². The molecule has 19 heavy (non-hydrogen) atoms. The maximum absolute atomic E-state index is 2.33. The molecule has 0 amide bonds. The van der Waals surface area contributed by atoms with Gasteiger partial charge in [0.15, 0.2) is 0 Å². The van der Waals surface area contributed by atoms with E-state index in [1.165, 1.54) is 37.8 Å². The van der Waals surface area contributed by atoms with Gasteiger partial charge >= 0.3 is 0 Å². The van der Waals surface area contributed by atoms with Crippen molar-refractivity contribution in [1.29, 1.82) is 0 Å². The van der Waals surface area contributed by atoms with Crippen LogP contribution in [0.5, 0.6) is 0 Å². The Hall–Kier alpha value is 0.217. The van der Waals surface area contributed by atoms with Crippen LogP contribution >= 0.6 is 0 Å². The quantitative estimate of drug-likeness (QED) is 0.570. The summed E-state index contributed by atoms with van der Waals surface area (Å²) in [5.41, 5.74) is 0. The second-order valence-electron chi connectivity index (χ2n) is 7.81. The van der Waals surface area contributed by atoms with Crippen molar-refractivity contribution >= 4 is 9.52 Å². The maximum Gasteiger partial charge on any atom is 0.0202 e. The molecule has 0 radical (unpaired) electrons. The van der Waals surface area contributed by atoms with E-state index < -0.39 is 0 Å². The van der Waals surface area contributed by atoms with Gasteiger partial charge in [-0.25, -0.2) is 0 Å². The number of hydrogen-bond acceptors (Lipinski definition) is 0. The van der Waals surface area contributed by atoms with Gasteiger partial charge in [-0.1, -0.05) is 103 Å². The van der Waals surface area contributed by atoms with Crippen LogP contribution in [0.3, 0.4) is 0 Å². The second-order valence-corrected chi connectivity index (χ2v) is 9.67. The maximum atomic E-state index is 2.33. The molecule has 0 atom stereocenters. The van der Waals surface area contributed by atoms with E-state index in [1.807, 2.05) is 0 Å². The highest BCUT2D eigenvalue weighted by molar-refractivity contribution is 6.35. The van der Waals surface area contributed by atoms with Gasteiger partial charge in [0, 0.05) is 9.52 Å². The lowest BCUT2D eigenvalue weighted by atomic mass is 9.90. The van der Waals surface area contributed by atoms with Gasteiger partial charge in [-0.05, 0) is 11.8 Å². The van der Waals surface area contributed by atoms with Gasteiger partial charge < -0.3 is 0 Å². The zero-order valence-corrected chi connectivity index (χ0v) is 15.5. The lowest BCUT2D eigenvalue weighted by Crippen LogP contribution is -2.06. The van der Waals surface area contributed by atoms with Crippen molar-refractivity contribution in [2.45, 2.75) is 91.1 Å². The van der Waals surface area contributed by atoms with E-state index in [0.29, 0.717) is 9.52 Å². The van der Waals surface area contributed by atoms with Crippen molar-refractivity contribution in [2.24, 2.45) is 23.7 Å². The Kier molecular flexibility index (Phi) is 9.11. The zero-order chi connectivity index (χ0) is 14.1. The molecule has 0 nitrogen and oxygen atoms in total. The van der Waals surface area contributed by atoms with Gasteiger partial charge in [0.05, 0.1) is 0 Å². The molecule has 0 saturated heterocycles. The molecule has 2 aliphatic rings. The minimum atomic E-state index is 0.316. The molecule has 1 heteroatoms. The van der Waals surface area contributed by atoms with E-state index in [0.717, 1.165) is 23.7 Å². The molecule has 0 heterocycles. The summed E-state index contributed by atoms with van der Waals surface area (Å²) in [6.45, 7) is 9.31. The summed E-state index contributed by atoms with van der Waals surface area (Å²) in [4.78, 5) is 0. The van der Waals surface area contributed by atoms with Gasteiger partial charge in [0.1, 0.15) is 0 Å². The van der Waals surface area contributed by atoms with Crippen molar-refractivity contribution in [3.8, 4) is 0 Å². The van der Waals surface area contributed by atoms with Crippen molar-refractivity contribution < 1.29 is 0 Å². The first-order valence-corrected chi connectivity index (χ1v) is 11.1. The molecule has 0 aliphatic heterocycles. The minimum absolute atomic E-state index is 0.316. The van der Waals surface area contributed by atoms with Gasteiger partial charge in [-0.3, -0.25) is 0 Å². The predicted molar refractivity (Wildman–Crippen MR) is 91.8 cm³/mol. The summed E-state index contributed by atoms with van der Waals surface area (Å²) in [6, 6.07) is 3.08. The average Bonchev–Trinajstić information content (AvgIpc) is 3.02. The molecule has 0 aromatic rings. The first kappa shape index (κ1) is 17.3. The van der Waals surface area contributed by atoms with Crippen LogP contribution in [0.25, 0.3) is 0 Å². The Morgan fingerprint density at radius 3 is 1.26 bits per heavy atom. The zero-order valence-electron chi connectivity index (χ0n) is 14.1. The molecular formula is C18H38Si. The van der Waals surface area contributed by atoms with Crippen molar-refractivity contribution in [2.75, 3.05) is 0 Å². The number of rotatable bonds is 5. The standard InChI is InChI=1S/C10H18.C8H20Si/c1-2-6-9(5-1)10-7-3-4-8-10;1-7(2)5-9-6-8(3)4/h9-10H,1-8H2;7-8H,5-6,9H2,1-4H3. The molecule has 114 valence electrons. The van der Waals surface area contributed by atoms with Crippen LogP contribution in [0, 0.1) is 23.7 Å². The van der Waals surface area contributed by atoms with Crippen molar-refractivity contribution in [1.82, 2.24) is 0 Å². The number of hydrogen-bond donors (Lipinski definition) is 0. The van der Waals surface area contributed by atoms with Crippen LogP contribution in [-0.2, 0) is 0 Å². The lowest BCUT2D eigenvalue weighted by molar-refractivity contribution is 0.347. The topological polar surface area (TPSA) is 0 Å². The minimum Gasteiger partial charge on any atom is -0.0631 e. The van der Waals surface area contributed by atoms with Gasteiger partial charge in [-0.15, -0.1) is 0 Å². The van der Waals surface area contributed by atoms with E-state index in [2.05, 4.69) is 27.7 Å². The van der Waals surface area contributed by atoms with Crippen molar-refractivity contribution in [3.05, 3.63) is 0 Å². The summed E-state index contributed by atoms with van der Waals surface area (Å²) in [6.07, 6.45) is 12.4. The molecule has 0 aromatic heterocycles. The highest BCUT2D eigenvalue weighted by Crippen LogP contribution is 2.39. The van der Waals surface area contributed by atoms with Gasteiger partial charge in [0.2, 0.25) is 0 Å². The summed E-state index contributed by atoms with van der Waals surface area (Å²) < 4.78 is 0. The van der Waals surface area contributed by atoms with Crippen LogP contribution in [0.15, 0.2) is 0 Å².